The van der Waals surface area contributed by atoms with Gasteiger partial charge in [-0.1, -0.05) is 25.7 Å². The molecule has 0 radical (unpaired) electrons. The summed E-state index contributed by atoms with van der Waals surface area (Å²) in [6, 6.07) is 2.36. The number of nitrogens with one attached hydrogen (secondary N) is 1. The van der Waals surface area contributed by atoms with Gasteiger partial charge >= 0.3 is 0 Å². The molecular weight excluding hydrogens is 334 g/mol. The average Bonchev–Trinajstić information content (AvgIpc) is 3.29. The van der Waals surface area contributed by atoms with Crippen molar-refractivity contribution in [2.75, 3.05) is 13.1 Å². The van der Waals surface area contributed by atoms with Gasteiger partial charge in [-0.2, -0.15) is 0 Å². The van der Waals surface area contributed by atoms with Crippen LogP contribution in [0.15, 0.2) is 22.8 Å². The second-order valence-electron chi connectivity index (χ2n) is 7.55. The lowest BCUT2D eigenvalue weighted by Gasteiger charge is -2.26. The van der Waals surface area contributed by atoms with Crippen molar-refractivity contribution < 1.29 is 19.1 Å². The molecular formula is C19H29N3O4. The van der Waals surface area contributed by atoms with Gasteiger partial charge in [0.25, 0.3) is 5.91 Å². The molecule has 1 aromatic heterocycles. The molecule has 2 unspecified atom stereocenters. The van der Waals surface area contributed by atoms with Crippen LogP contribution < -0.4 is 11.1 Å². The van der Waals surface area contributed by atoms with E-state index >= 15 is 0 Å². The van der Waals surface area contributed by atoms with E-state index in [1.807, 2.05) is 0 Å². The number of hydrogen-bond acceptors (Lipinski definition) is 5. The van der Waals surface area contributed by atoms with E-state index in [1.165, 1.54) is 19.1 Å². The number of rotatable bonds is 5. The number of carbonyl (C=O) groups is 2. The van der Waals surface area contributed by atoms with Crippen molar-refractivity contribution in [1.29, 1.82) is 0 Å². The van der Waals surface area contributed by atoms with Gasteiger partial charge in [0.15, 0.2) is 5.76 Å². The number of hydrogen-bond donors (Lipinski definition) is 3. The number of β-amino-alcohol motifs (C(OH)–C–C–N with tert-alkyl or cyclic N) is 1. The van der Waals surface area contributed by atoms with Gasteiger partial charge in [0.2, 0.25) is 5.91 Å². The van der Waals surface area contributed by atoms with E-state index in [0.717, 1.165) is 12.8 Å². The quantitative estimate of drug-likeness (QED) is 0.730. The van der Waals surface area contributed by atoms with Gasteiger partial charge in [-0.15, -0.1) is 0 Å². The lowest BCUT2D eigenvalue weighted by atomic mass is 9.97. The molecule has 7 nitrogen and oxygen atoms in total. The highest BCUT2D eigenvalue weighted by atomic mass is 16.3. The fourth-order valence-electron chi connectivity index (χ4n) is 4.05. The molecule has 144 valence electrons. The molecule has 1 aliphatic heterocycles. The standard InChI is InChI=1S/C19H29N3O4/c20-14(11-13-5-1-2-6-13)18(24)21-15-7-3-9-22(12-16(15)23)19(25)17-8-4-10-26-17/h4,8,10,13-16,23H,1-3,5-7,9,11-12,20H2,(H,21,24)/t14-,15?,16?/m0/s1. The molecule has 3 atom stereocenters. The first-order valence-electron chi connectivity index (χ1n) is 9.61. The predicted octanol–water partition coefficient (Wildman–Crippen LogP) is 1.27. The van der Waals surface area contributed by atoms with Crippen molar-refractivity contribution in [2.45, 2.75) is 63.1 Å². The summed E-state index contributed by atoms with van der Waals surface area (Å²) in [5.74, 6) is 0.361. The lowest BCUT2D eigenvalue weighted by molar-refractivity contribution is -0.124. The largest absolute Gasteiger partial charge is 0.459 e. The van der Waals surface area contributed by atoms with Crippen LogP contribution in [0.3, 0.4) is 0 Å². The third kappa shape index (κ3) is 4.65. The second-order valence-corrected chi connectivity index (χ2v) is 7.55. The van der Waals surface area contributed by atoms with E-state index in [9.17, 15) is 14.7 Å². The Morgan fingerprint density at radius 2 is 2.08 bits per heavy atom. The molecule has 4 N–H and O–H groups in total. The van der Waals surface area contributed by atoms with Gasteiger partial charge in [0.1, 0.15) is 0 Å². The van der Waals surface area contributed by atoms with Crippen LogP contribution in [0.25, 0.3) is 0 Å². The fourth-order valence-corrected chi connectivity index (χ4v) is 4.05. The molecule has 2 fully saturated rings. The molecule has 1 aliphatic carbocycles. The predicted molar refractivity (Wildman–Crippen MR) is 96.3 cm³/mol. The summed E-state index contributed by atoms with van der Waals surface area (Å²) in [7, 11) is 0. The smallest absolute Gasteiger partial charge is 0.289 e. The normalized spacial score (nSPS) is 25.7. The molecule has 0 bridgehead atoms. The Morgan fingerprint density at radius 1 is 1.31 bits per heavy atom. The zero-order valence-corrected chi connectivity index (χ0v) is 15.1. The molecule has 1 saturated carbocycles. The number of aliphatic hydroxyl groups is 1. The van der Waals surface area contributed by atoms with E-state index < -0.39 is 12.1 Å². The van der Waals surface area contributed by atoms with Crippen LogP contribution in [0, 0.1) is 5.92 Å². The molecule has 3 rings (SSSR count). The Bertz CT molecular complexity index is 598. The highest BCUT2D eigenvalue weighted by Crippen LogP contribution is 2.28. The molecule has 2 aliphatic rings. The summed E-state index contributed by atoms with van der Waals surface area (Å²) < 4.78 is 5.15. The third-order valence-electron chi connectivity index (χ3n) is 5.56. The first-order chi connectivity index (χ1) is 12.5. The van der Waals surface area contributed by atoms with E-state index in [-0.39, 0.29) is 30.2 Å². The van der Waals surface area contributed by atoms with Crippen molar-refractivity contribution in [2.24, 2.45) is 11.7 Å². The van der Waals surface area contributed by atoms with Crippen LogP contribution in [0.4, 0.5) is 0 Å². The third-order valence-corrected chi connectivity index (χ3v) is 5.56. The van der Waals surface area contributed by atoms with Crippen LogP contribution >= 0.6 is 0 Å². The first kappa shape index (κ1) is 18.9. The van der Waals surface area contributed by atoms with E-state index in [0.29, 0.717) is 31.7 Å². The van der Waals surface area contributed by atoms with Crippen molar-refractivity contribution in [3.05, 3.63) is 24.2 Å². The zero-order chi connectivity index (χ0) is 18.5. The minimum Gasteiger partial charge on any atom is -0.459 e. The maximum atomic E-state index is 12.4. The maximum absolute atomic E-state index is 12.4. The van der Waals surface area contributed by atoms with Crippen molar-refractivity contribution >= 4 is 11.8 Å². The van der Waals surface area contributed by atoms with Gasteiger partial charge in [0.05, 0.1) is 24.5 Å². The van der Waals surface area contributed by atoms with E-state index in [1.54, 1.807) is 17.0 Å². The fraction of sp³-hybridized carbons (Fsp3) is 0.684. The molecule has 26 heavy (non-hydrogen) atoms. The zero-order valence-electron chi connectivity index (χ0n) is 15.1. The van der Waals surface area contributed by atoms with E-state index in [4.69, 9.17) is 10.2 Å². The molecule has 7 heteroatoms. The Morgan fingerprint density at radius 3 is 2.77 bits per heavy atom. The summed E-state index contributed by atoms with van der Waals surface area (Å²) in [6.07, 6.45) is 7.40. The van der Waals surface area contributed by atoms with Crippen LogP contribution in [-0.2, 0) is 4.79 Å². The monoisotopic (exact) mass is 363 g/mol. The number of nitrogens with zero attached hydrogens (tertiary/aromatic N) is 1. The minimum absolute atomic E-state index is 0.169. The van der Waals surface area contributed by atoms with Gasteiger partial charge in [-0.3, -0.25) is 9.59 Å². The summed E-state index contributed by atoms with van der Waals surface area (Å²) >= 11 is 0. The topological polar surface area (TPSA) is 109 Å². The number of nitrogens with two attached hydrogens (primary N) is 1. The average molecular weight is 363 g/mol. The van der Waals surface area contributed by atoms with Gasteiger partial charge in [-0.25, -0.2) is 0 Å². The second kappa shape index (κ2) is 8.68. The molecule has 0 spiro atoms. The SMILES string of the molecule is N[C@@H](CC1CCCC1)C(=O)NC1CCCN(C(=O)c2ccco2)CC1O. The number of aliphatic hydroxyl groups excluding tert-OH is 1. The lowest BCUT2D eigenvalue weighted by Crippen LogP contribution is -2.51. The Balaban J connectivity index is 1.52. The molecule has 1 aromatic rings. The molecule has 2 amide bonds. The first-order valence-corrected chi connectivity index (χ1v) is 9.61. The molecule has 1 saturated heterocycles. The minimum atomic E-state index is -0.820. The van der Waals surface area contributed by atoms with Crippen LogP contribution in [-0.4, -0.2) is 53.1 Å². The molecule has 0 aromatic carbocycles. The van der Waals surface area contributed by atoms with Crippen molar-refractivity contribution in [1.82, 2.24) is 10.2 Å². The highest BCUT2D eigenvalue weighted by molar-refractivity contribution is 5.91. The van der Waals surface area contributed by atoms with Gasteiger partial charge in [0, 0.05) is 13.1 Å². The van der Waals surface area contributed by atoms with Crippen LogP contribution in [0.5, 0.6) is 0 Å². The maximum Gasteiger partial charge on any atom is 0.289 e. The van der Waals surface area contributed by atoms with Crippen LogP contribution in [0.1, 0.15) is 55.5 Å². The van der Waals surface area contributed by atoms with Crippen LogP contribution in [0.2, 0.25) is 0 Å². The molecule has 2 heterocycles. The summed E-state index contributed by atoms with van der Waals surface area (Å²) in [6.45, 7) is 0.694. The Labute approximate surface area is 153 Å². The van der Waals surface area contributed by atoms with Gasteiger partial charge < -0.3 is 25.5 Å². The summed E-state index contributed by atoms with van der Waals surface area (Å²) in [5.41, 5.74) is 6.07. The number of carbonyl (C=O) groups excluding carboxylic acids is 2. The highest BCUT2D eigenvalue weighted by Gasteiger charge is 2.31. The Hall–Kier alpha value is -1.86. The van der Waals surface area contributed by atoms with Crippen molar-refractivity contribution in [3.63, 3.8) is 0 Å². The van der Waals surface area contributed by atoms with Gasteiger partial charge in [-0.05, 0) is 37.3 Å². The number of likely N-dealkylation sites (tertiary alicyclic amines) is 1. The Kier molecular flexibility index (Phi) is 6.32. The van der Waals surface area contributed by atoms with Crippen molar-refractivity contribution in [3.8, 4) is 0 Å². The summed E-state index contributed by atoms with van der Waals surface area (Å²) in [5, 5.41) is 13.4. The number of furan rings is 1. The summed E-state index contributed by atoms with van der Waals surface area (Å²) in [4.78, 5) is 26.4. The van der Waals surface area contributed by atoms with E-state index in [2.05, 4.69) is 5.32 Å². The number of amides is 2.